The molecule has 2 unspecified atom stereocenters. The first kappa shape index (κ1) is 17.8. The van der Waals surface area contributed by atoms with E-state index in [0.29, 0.717) is 18.1 Å². The molecule has 1 heteroatoms. The Morgan fingerprint density at radius 2 is 1.45 bits per heavy atom. The van der Waals surface area contributed by atoms with Crippen LogP contribution >= 0.6 is 0 Å². The van der Waals surface area contributed by atoms with Crippen LogP contribution in [-0.4, -0.2) is 12.2 Å². The molecule has 0 bridgehead atoms. The van der Waals surface area contributed by atoms with Crippen molar-refractivity contribution in [2.75, 3.05) is 0 Å². The fourth-order valence-corrected chi connectivity index (χ4v) is 2.80. The number of unbranched alkanes of at least 4 members (excludes halogenated alkanes) is 7. The van der Waals surface area contributed by atoms with Gasteiger partial charge in [-0.25, -0.2) is 0 Å². The van der Waals surface area contributed by atoms with Crippen LogP contribution < -0.4 is 0 Å². The minimum absolute atomic E-state index is 0.580. The Morgan fingerprint density at radius 1 is 0.850 bits per heavy atom. The predicted molar refractivity (Wildman–Crippen MR) is 89.1 cm³/mol. The van der Waals surface area contributed by atoms with Crippen LogP contribution in [0.3, 0.4) is 0 Å². The van der Waals surface area contributed by atoms with Gasteiger partial charge in [0.25, 0.3) is 0 Å². The Balaban J connectivity index is 1.81. The quantitative estimate of drug-likeness (QED) is 0.220. The summed E-state index contributed by atoms with van der Waals surface area (Å²) in [6.07, 6.45) is 20.8. The smallest absolute Gasteiger partial charge is 0.0844 e. The lowest BCUT2D eigenvalue weighted by Crippen LogP contribution is -1.94. The maximum absolute atomic E-state index is 5.75. The minimum Gasteiger partial charge on any atom is -0.370 e. The molecule has 118 valence electrons. The second-order valence-electron chi connectivity index (χ2n) is 6.73. The van der Waals surface area contributed by atoms with Gasteiger partial charge in [-0.3, -0.25) is 0 Å². The number of ether oxygens (including phenoxy) is 1. The summed E-state index contributed by atoms with van der Waals surface area (Å²) < 4.78 is 5.75. The highest BCUT2D eigenvalue weighted by Gasteiger charge is 2.36. The molecule has 0 saturated carbocycles. The van der Waals surface area contributed by atoms with Crippen molar-refractivity contribution in [3.05, 3.63) is 12.2 Å². The van der Waals surface area contributed by atoms with Gasteiger partial charge in [0.2, 0.25) is 0 Å². The summed E-state index contributed by atoms with van der Waals surface area (Å²) in [7, 11) is 0. The monoisotopic (exact) mass is 280 g/mol. The number of hydrogen-bond acceptors (Lipinski definition) is 1. The molecule has 2 atom stereocenters. The molecule has 1 fully saturated rings. The third-order valence-corrected chi connectivity index (χ3v) is 4.17. The van der Waals surface area contributed by atoms with Crippen LogP contribution in [0.2, 0.25) is 0 Å². The summed E-state index contributed by atoms with van der Waals surface area (Å²) in [6.45, 7) is 6.75. The highest BCUT2D eigenvalue weighted by atomic mass is 16.6. The second kappa shape index (κ2) is 11.4. The lowest BCUT2D eigenvalue weighted by atomic mass is 10.0. The molecule has 0 amide bonds. The van der Waals surface area contributed by atoms with E-state index in [4.69, 9.17) is 4.74 Å². The average molecular weight is 280 g/mol. The highest BCUT2D eigenvalue weighted by molar-refractivity contribution is 4.90. The van der Waals surface area contributed by atoms with Gasteiger partial charge in [-0.15, -0.1) is 0 Å². The Kier molecular flexibility index (Phi) is 10.1. The van der Waals surface area contributed by atoms with Crippen LogP contribution in [0.1, 0.15) is 91.4 Å². The lowest BCUT2D eigenvalue weighted by molar-refractivity contribution is 0.352. The maximum atomic E-state index is 5.75. The van der Waals surface area contributed by atoms with E-state index in [9.17, 15) is 0 Å². The molecule has 1 rings (SSSR count). The normalized spacial score (nSPS) is 22.0. The van der Waals surface area contributed by atoms with Gasteiger partial charge in [0.05, 0.1) is 12.2 Å². The molecule has 20 heavy (non-hydrogen) atoms. The Labute approximate surface area is 127 Å². The van der Waals surface area contributed by atoms with Gasteiger partial charge >= 0.3 is 0 Å². The Bertz CT molecular complexity index is 244. The largest absolute Gasteiger partial charge is 0.370 e. The SMILES string of the molecule is CCCCCCCCCCC1OC1CC/C=C/C(C)C. The van der Waals surface area contributed by atoms with Crippen molar-refractivity contribution >= 4 is 0 Å². The molecular formula is C19H36O. The number of epoxide rings is 1. The number of hydrogen-bond donors (Lipinski definition) is 0. The highest BCUT2D eigenvalue weighted by Crippen LogP contribution is 2.31. The van der Waals surface area contributed by atoms with E-state index in [-0.39, 0.29) is 0 Å². The van der Waals surface area contributed by atoms with Gasteiger partial charge in [0.15, 0.2) is 0 Å². The van der Waals surface area contributed by atoms with E-state index >= 15 is 0 Å². The summed E-state index contributed by atoms with van der Waals surface area (Å²) in [5.41, 5.74) is 0. The summed E-state index contributed by atoms with van der Waals surface area (Å²) in [5.74, 6) is 0.684. The van der Waals surface area contributed by atoms with Crippen molar-refractivity contribution in [3.63, 3.8) is 0 Å². The van der Waals surface area contributed by atoms with Crippen LogP contribution in [-0.2, 0) is 4.74 Å². The zero-order chi connectivity index (χ0) is 14.6. The fourth-order valence-electron chi connectivity index (χ4n) is 2.80. The first-order valence-corrected chi connectivity index (χ1v) is 9.06. The van der Waals surface area contributed by atoms with Crippen LogP contribution in [0.4, 0.5) is 0 Å². The van der Waals surface area contributed by atoms with Gasteiger partial charge in [0.1, 0.15) is 0 Å². The predicted octanol–water partition coefficient (Wildman–Crippen LogP) is 6.28. The average Bonchev–Trinajstić information content (AvgIpc) is 3.16. The molecule has 0 aliphatic carbocycles. The van der Waals surface area contributed by atoms with E-state index in [1.165, 1.54) is 70.6 Å². The van der Waals surface area contributed by atoms with Crippen LogP contribution in [0.15, 0.2) is 12.2 Å². The molecule has 0 aromatic heterocycles. The van der Waals surface area contributed by atoms with Gasteiger partial charge in [-0.1, -0.05) is 84.3 Å². The third-order valence-electron chi connectivity index (χ3n) is 4.17. The van der Waals surface area contributed by atoms with E-state index in [1.54, 1.807) is 0 Å². The van der Waals surface area contributed by atoms with E-state index in [2.05, 4.69) is 32.9 Å². The molecule has 0 spiro atoms. The topological polar surface area (TPSA) is 12.5 Å². The molecule has 1 aliphatic rings. The van der Waals surface area contributed by atoms with Crippen LogP contribution in [0.5, 0.6) is 0 Å². The Morgan fingerprint density at radius 3 is 2.10 bits per heavy atom. The van der Waals surface area contributed by atoms with E-state index in [1.807, 2.05) is 0 Å². The summed E-state index contributed by atoms with van der Waals surface area (Å²) in [4.78, 5) is 0. The van der Waals surface area contributed by atoms with Crippen molar-refractivity contribution in [1.29, 1.82) is 0 Å². The third kappa shape index (κ3) is 9.58. The summed E-state index contributed by atoms with van der Waals surface area (Å²) >= 11 is 0. The van der Waals surface area contributed by atoms with Crippen molar-refractivity contribution in [2.24, 2.45) is 5.92 Å². The zero-order valence-electron chi connectivity index (χ0n) is 14.1. The summed E-state index contributed by atoms with van der Waals surface area (Å²) in [6, 6.07) is 0. The Hall–Kier alpha value is -0.300. The molecule has 0 aromatic carbocycles. The zero-order valence-corrected chi connectivity index (χ0v) is 14.1. The number of rotatable bonds is 13. The van der Waals surface area contributed by atoms with Gasteiger partial charge < -0.3 is 4.74 Å². The standard InChI is InChI=1S/C19H36O/c1-4-5-6-7-8-9-10-11-15-18-19(20-18)16-13-12-14-17(2)3/h12,14,17-19H,4-11,13,15-16H2,1-3H3/b14-12+. The van der Waals surface area contributed by atoms with Crippen LogP contribution in [0.25, 0.3) is 0 Å². The minimum atomic E-state index is 0.580. The van der Waals surface area contributed by atoms with Gasteiger partial charge in [-0.05, 0) is 25.2 Å². The van der Waals surface area contributed by atoms with Crippen molar-refractivity contribution in [3.8, 4) is 0 Å². The van der Waals surface area contributed by atoms with Crippen molar-refractivity contribution in [2.45, 2.75) is 104 Å². The van der Waals surface area contributed by atoms with Gasteiger partial charge in [0, 0.05) is 0 Å². The fraction of sp³-hybridized carbons (Fsp3) is 0.895. The molecule has 0 N–H and O–H groups in total. The summed E-state index contributed by atoms with van der Waals surface area (Å²) in [5, 5.41) is 0. The number of allylic oxidation sites excluding steroid dienone is 2. The molecule has 0 aromatic rings. The van der Waals surface area contributed by atoms with E-state index in [0.717, 1.165) is 0 Å². The molecule has 1 aliphatic heterocycles. The second-order valence-corrected chi connectivity index (χ2v) is 6.73. The van der Waals surface area contributed by atoms with E-state index < -0.39 is 0 Å². The maximum Gasteiger partial charge on any atom is 0.0844 e. The molecule has 0 radical (unpaired) electrons. The molecular weight excluding hydrogens is 244 g/mol. The van der Waals surface area contributed by atoms with Crippen molar-refractivity contribution < 1.29 is 4.74 Å². The van der Waals surface area contributed by atoms with Crippen LogP contribution in [0, 0.1) is 5.92 Å². The molecule has 1 nitrogen and oxygen atoms in total. The lowest BCUT2D eigenvalue weighted by Gasteiger charge is -2.00. The van der Waals surface area contributed by atoms with Gasteiger partial charge in [-0.2, -0.15) is 0 Å². The molecule has 1 saturated heterocycles. The molecule has 1 heterocycles. The first-order valence-electron chi connectivity index (χ1n) is 9.06. The first-order chi connectivity index (χ1) is 9.74. The van der Waals surface area contributed by atoms with Crippen molar-refractivity contribution in [1.82, 2.24) is 0 Å².